The minimum Gasteiger partial charge on any atom is -1.00 e. The van der Waals surface area contributed by atoms with Crippen LogP contribution < -0.4 is 37.7 Å². The first-order valence-corrected chi connectivity index (χ1v) is 3.71. The van der Waals surface area contributed by atoms with E-state index in [1.165, 1.54) is 24.0 Å². The summed E-state index contributed by atoms with van der Waals surface area (Å²) in [6.45, 7) is 0. The van der Waals surface area contributed by atoms with Crippen molar-refractivity contribution in [2.45, 2.75) is 12.8 Å². The summed E-state index contributed by atoms with van der Waals surface area (Å²) < 4.78 is 0. The molecule has 0 unspecified atom stereocenters. The summed E-state index contributed by atoms with van der Waals surface area (Å²) in [5.41, 5.74) is 2.89. The van der Waals surface area contributed by atoms with Crippen LogP contribution in [-0.4, -0.2) is 0 Å². The van der Waals surface area contributed by atoms with E-state index in [0.717, 1.165) is 0 Å². The van der Waals surface area contributed by atoms with Crippen LogP contribution in [-0.2, 0) is 6.42 Å². The molecule has 0 heterocycles. The van der Waals surface area contributed by atoms with Crippen LogP contribution in [0, 0.1) is 0 Å². The third-order valence-corrected chi connectivity index (χ3v) is 1.93. The smallest absolute Gasteiger partial charge is 1.00 e. The van der Waals surface area contributed by atoms with E-state index >= 15 is 0 Å². The van der Waals surface area contributed by atoms with Crippen LogP contribution in [0.4, 0.5) is 0 Å². The minimum atomic E-state index is 0. The zero-order valence-corrected chi connectivity index (χ0v) is 7.88. The van der Waals surface area contributed by atoms with Gasteiger partial charge in [0.15, 0.2) is 0 Å². The summed E-state index contributed by atoms with van der Waals surface area (Å²) >= 11 is 0. The Hall–Kier alpha value is 0.155. The quantitative estimate of drug-likeness (QED) is 0.340. The van der Waals surface area contributed by atoms with Crippen molar-refractivity contribution in [3.8, 4) is 0 Å². The third-order valence-electron chi connectivity index (χ3n) is 1.93. The van der Waals surface area contributed by atoms with Gasteiger partial charge < -0.3 is 2.85 Å². The van der Waals surface area contributed by atoms with Crippen molar-refractivity contribution in [2.24, 2.45) is 0 Å². The molecule has 0 nitrogen and oxygen atoms in total. The van der Waals surface area contributed by atoms with E-state index < -0.39 is 0 Å². The van der Waals surface area contributed by atoms with Gasteiger partial charge in [-0.15, -0.1) is 0 Å². The summed E-state index contributed by atoms with van der Waals surface area (Å²) in [6.07, 6.45) is 6.87. The van der Waals surface area contributed by atoms with Crippen molar-refractivity contribution >= 4 is 6.08 Å². The second-order valence-electron chi connectivity index (χ2n) is 2.64. The number of allylic oxidation sites excluding steroid dienone is 1. The number of rotatable bonds is 0. The first kappa shape index (κ1) is 12.2. The molecule has 1 aliphatic carbocycles. The molecular weight excluding hydrogens is 134 g/mol. The molecular formula is C10H12Li2. The van der Waals surface area contributed by atoms with Gasteiger partial charge >= 0.3 is 37.7 Å². The van der Waals surface area contributed by atoms with Crippen LogP contribution >= 0.6 is 0 Å². The molecule has 12 heavy (non-hydrogen) atoms. The average molecular weight is 146 g/mol. The molecule has 0 bridgehead atoms. The van der Waals surface area contributed by atoms with Gasteiger partial charge in [-0.25, -0.2) is 0 Å². The Kier molecular flexibility index (Phi) is 5.82. The molecule has 0 saturated carbocycles. The van der Waals surface area contributed by atoms with E-state index in [9.17, 15) is 0 Å². The fraction of sp³-hybridized carbons (Fsp3) is 0.200. The molecule has 54 valence electrons. The number of aryl methyl sites for hydroxylation is 1. The second-order valence-corrected chi connectivity index (χ2v) is 2.64. The van der Waals surface area contributed by atoms with E-state index in [1.807, 2.05) is 0 Å². The molecule has 0 radical (unpaired) electrons. The average Bonchev–Trinajstić information content (AvgIpc) is 2.05. The summed E-state index contributed by atoms with van der Waals surface area (Å²) in [7, 11) is 0. The monoisotopic (exact) mass is 146 g/mol. The van der Waals surface area contributed by atoms with Crippen molar-refractivity contribution in [3.63, 3.8) is 0 Å². The fourth-order valence-electron chi connectivity index (χ4n) is 1.37. The van der Waals surface area contributed by atoms with Gasteiger partial charge in [0.1, 0.15) is 0 Å². The molecule has 0 atom stereocenters. The Morgan fingerprint density at radius 3 is 2.58 bits per heavy atom. The van der Waals surface area contributed by atoms with E-state index in [-0.39, 0.29) is 40.6 Å². The number of hydrogen-bond acceptors (Lipinski definition) is 0. The topological polar surface area (TPSA) is 0 Å². The van der Waals surface area contributed by atoms with E-state index in [0.29, 0.717) is 0 Å². The summed E-state index contributed by atoms with van der Waals surface area (Å²) in [5.74, 6) is 0. The Balaban J connectivity index is -0.000000302. The molecule has 0 N–H and O–H groups in total. The minimum absolute atomic E-state index is 0. The van der Waals surface area contributed by atoms with Crippen molar-refractivity contribution in [1.29, 1.82) is 0 Å². The van der Waals surface area contributed by atoms with Crippen LogP contribution in [0.5, 0.6) is 0 Å². The van der Waals surface area contributed by atoms with Crippen molar-refractivity contribution in [1.82, 2.24) is 0 Å². The maximum Gasteiger partial charge on any atom is 1.00 e. The van der Waals surface area contributed by atoms with Gasteiger partial charge in [0, 0.05) is 0 Å². The normalized spacial score (nSPS) is 12.3. The number of benzene rings is 1. The largest absolute Gasteiger partial charge is 1.00 e. The number of hydrogen-bond donors (Lipinski definition) is 0. The molecule has 0 aromatic heterocycles. The van der Waals surface area contributed by atoms with Crippen LogP contribution in [0.1, 0.15) is 20.4 Å². The standard InChI is InChI=1S/C10H10.2Li.2H/c1-2-6-10-8-4-3-7-9(10)5-1;;;;/h1-3,5-7H,4,8H2;;;;/q;2*+1;2*-1. The third kappa shape index (κ3) is 2.58. The molecule has 0 spiro atoms. The van der Waals surface area contributed by atoms with Crippen LogP contribution in [0.3, 0.4) is 0 Å². The first-order chi connectivity index (χ1) is 4.97. The maximum absolute atomic E-state index is 2.24. The van der Waals surface area contributed by atoms with Crippen LogP contribution in [0.25, 0.3) is 6.08 Å². The fourth-order valence-corrected chi connectivity index (χ4v) is 1.37. The van der Waals surface area contributed by atoms with E-state index in [4.69, 9.17) is 0 Å². The Morgan fingerprint density at radius 1 is 1.08 bits per heavy atom. The Bertz CT molecular complexity index is 275. The second kappa shape index (κ2) is 5.74. The first-order valence-electron chi connectivity index (χ1n) is 3.71. The zero-order chi connectivity index (χ0) is 6.81. The van der Waals surface area contributed by atoms with Gasteiger partial charge in [0.25, 0.3) is 0 Å². The maximum atomic E-state index is 2.24. The van der Waals surface area contributed by atoms with Gasteiger partial charge in [-0.1, -0.05) is 36.4 Å². The molecule has 2 rings (SSSR count). The molecule has 0 amide bonds. The molecule has 2 heteroatoms. The van der Waals surface area contributed by atoms with Crippen LogP contribution in [0.2, 0.25) is 0 Å². The number of fused-ring (bicyclic) bond motifs is 1. The SMILES string of the molecule is C1=Cc2ccccc2CC1.[H-].[H-].[Li+].[Li+]. The van der Waals surface area contributed by atoms with E-state index in [1.54, 1.807) is 0 Å². The predicted molar refractivity (Wildman–Crippen MR) is 46.0 cm³/mol. The van der Waals surface area contributed by atoms with Gasteiger partial charge in [-0.3, -0.25) is 0 Å². The molecule has 1 aliphatic rings. The van der Waals surface area contributed by atoms with Gasteiger partial charge in [0.2, 0.25) is 0 Å². The van der Waals surface area contributed by atoms with Crippen molar-refractivity contribution < 1.29 is 40.6 Å². The summed E-state index contributed by atoms with van der Waals surface area (Å²) in [6, 6.07) is 8.58. The Morgan fingerprint density at radius 2 is 1.83 bits per heavy atom. The Labute approximate surface area is 101 Å². The molecule has 1 aromatic carbocycles. The molecule has 0 saturated heterocycles. The van der Waals surface area contributed by atoms with Gasteiger partial charge in [-0.2, -0.15) is 0 Å². The zero-order valence-electron chi connectivity index (χ0n) is 9.88. The van der Waals surface area contributed by atoms with Gasteiger partial charge in [0.05, 0.1) is 0 Å². The summed E-state index contributed by atoms with van der Waals surface area (Å²) in [5, 5.41) is 0. The van der Waals surface area contributed by atoms with Crippen molar-refractivity contribution in [3.05, 3.63) is 41.5 Å². The van der Waals surface area contributed by atoms with E-state index in [2.05, 4.69) is 36.4 Å². The molecule has 0 aliphatic heterocycles. The summed E-state index contributed by atoms with van der Waals surface area (Å²) in [4.78, 5) is 0. The van der Waals surface area contributed by atoms with Gasteiger partial charge in [-0.05, 0) is 24.0 Å². The molecule has 1 aromatic rings. The van der Waals surface area contributed by atoms with Crippen molar-refractivity contribution in [2.75, 3.05) is 0 Å². The van der Waals surface area contributed by atoms with Crippen LogP contribution in [0.15, 0.2) is 30.3 Å². The predicted octanol–water partition coefficient (Wildman–Crippen LogP) is -3.12. The molecule has 0 fully saturated rings.